The molecular formula is C22H21ClN4. The zero-order chi connectivity index (χ0) is 18.1. The Kier molecular flexibility index (Phi) is 5.28. The first-order chi connectivity index (χ1) is 12.6. The van der Waals surface area contributed by atoms with Gasteiger partial charge in [-0.05, 0) is 28.8 Å². The van der Waals surface area contributed by atoms with Crippen LogP contribution in [0.2, 0.25) is 0 Å². The average molecular weight is 377 g/mol. The Morgan fingerprint density at radius 3 is 2.33 bits per heavy atom. The molecule has 4 rings (SSSR count). The van der Waals surface area contributed by atoms with Crippen molar-refractivity contribution in [2.24, 2.45) is 12.8 Å². The van der Waals surface area contributed by atoms with Crippen LogP contribution in [0, 0.1) is 5.41 Å². The van der Waals surface area contributed by atoms with Gasteiger partial charge in [0.2, 0.25) is 0 Å². The molecule has 0 saturated heterocycles. The summed E-state index contributed by atoms with van der Waals surface area (Å²) in [7, 11) is 2.05. The number of benzene rings is 3. The predicted molar refractivity (Wildman–Crippen MR) is 114 cm³/mol. The highest BCUT2D eigenvalue weighted by Gasteiger charge is 2.10. The van der Waals surface area contributed by atoms with Gasteiger partial charge in [-0.25, -0.2) is 4.98 Å². The van der Waals surface area contributed by atoms with Crippen LogP contribution >= 0.6 is 12.4 Å². The van der Waals surface area contributed by atoms with Gasteiger partial charge in [0.05, 0.1) is 11.0 Å². The summed E-state index contributed by atoms with van der Waals surface area (Å²) >= 11 is 0. The number of aryl methyl sites for hydroxylation is 1. The Bertz CT molecular complexity index is 1080. The first-order valence-electron chi connectivity index (χ1n) is 8.56. The van der Waals surface area contributed by atoms with Gasteiger partial charge in [0, 0.05) is 19.0 Å². The number of nitrogens with one attached hydrogen (secondary N) is 1. The van der Waals surface area contributed by atoms with Crippen LogP contribution in [-0.2, 0) is 13.5 Å². The van der Waals surface area contributed by atoms with E-state index in [0.29, 0.717) is 0 Å². The minimum Gasteiger partial charge on any atom is -0.384 e. The molecule has 3 aromatic carbocycles. The van der Waals surface area contributed by atoms with E-state index in [4.69, 9.17) is 16.1 Å². The van der Waals surface area contributed by atoms with Gasteiger partial charge in [0.1, 0.15) is 11.7 Å². The van der Waals surface area contributed by atoms with Gasteiger partial charge >= 0.3 is 0 Å². The van der Waals surface area contributed by atoms with Crippen molar-refractivity contribution in [3.8, 4) is 11.1 Å². The first kappa shape index (κ1) is 18.7. The van der Waals surface area contributed by atoms with Crippen LogP contribution in [0.3, 0.4) is 0 Å². The van der Waals surface area contributed by atoms with Crippen molar-refractivity contribution in [3.05, 3.63) is 89.7 Å². The van der Waals surface area contributed by atoms with Gasteiger partial charge in [-0.2, -0.15) is 0 Å². The second-order valence-electron chi connectivity index (χ2n) is 6.44. The summed E-state index contributed by atoms with van der Waals surface area (Å²) in [5, 5.41) is 7.49. The number of imidazole rings is 1. The molecule has 1 aromatic heterocycles. The Morgan fingerprint density at radius 1 is 0.963 bits per heavy atom. The maximum absolute atomic E-state index is 7.49. The topological polar surface area (TPSA) is 67.7 Å². The lowest BCUT2D eigenvalue weighted by Crippen LogP contribution is -2.10. The van der Waals surface area contributed by atoms with E-state index in [1.165, 1.54) is 11.1 Å². The SMILES string of the molecule is Cl.Cn1c(Cc2ccc(C(=N)N)cc2)nc2cc(-c3ccccc3)ccc21. The summed E-state index contributed by atoms with van der Waals surface area (Å²) in [4.78, 5) is 4.85. The highest BCUT2D eigenvalue weighted by Crippen LogP contribution is 2.25. The third-order valence-corrected chi connectivity index (χ3v) is 4.71. The van der Waals surface area contributed by atoms with Crippen molar-refractivity contribution in [1.29, 1.82) is 5.41 Å². The molecule has 5 heteroatoms. The van der Waals surface area contributed by atoms with E-state index in [1.54, 1.807) is 0 Å². The molecule has 0 atom stereocenters. The molecule has 0 fully saturated rings. The third kappa shape index (κ3) is 3.71. The Hall–Kier alpha value is -3.11. The smallest absolute Gasteiger partial charge is 0.122 e. The van der Waals surface area contributed by atoms with Crippen LogP contribution in [0.25, 0.3) is 22.2 Å². The Labute approximate surface area is 164 Å². The number of hydrogen-bond acceptors (Lipinski definition) is 2. The molecule has 0 amide bonds. The van der Waals surface area contributed by atoms with Crippen LogP contribution in [-0.4, -0.2) is 15.4 Å². The second kappa shape index (κ2) is 7.64. The number of halogens is 1. The van der Waals surface area contributed by atoms with Crippen LogP contribution in [0.4, 0.5) is 0 Å². The van der Waals surface area contributed by atoms with Crippen LogP contribution < -0.4 is 5.73 Å². The van der Waals surface area contributed by atoms with Gasteiger partial charge < -0.3 is 10.3 Å². The van der Waals surface area contributed by atoms with Crippen molar-refractivity contribution < 1.29 is 0 Å². The summed E-state index contributed by atoms with van der Waals surface area (Å²) in [6.45, 7) is 0. The molecule has 0 unspecified atom stereocenters. The summed E-state index contributed by atoms with van der Waals surface area (Å²) in [6.07, 6.45) is 0.740. The molecule has 3 N–H and O–H groups in total. The van der Waals surface area contributed by atoms with E-state index in [0.717, 1.165) is 34.4 Å². The lowest BCUT2D eigenvalue weighted by Gasteiger charge is -2.04. The molecule has 4 aromatic rings. The van der Waals surface area contributed by atoms with Gasteiger partial charge in [0.15, 0.2) is 0 Å². The molecule has 4 nitrogen and oxygen atoms in total. The minimum absolute atomic E-state index is 0. The predicted octanol–water partition coefficient (Wildman–Crippen LogP) is 4.54. The lowest BCUT2D eigenvalue weighted by molar-refractivity contribution is 0.844. The summed E-state index contributed by atoms with van der Waals surface area (Å²) in [5.74, 6) is 1.11. The van der Waals surface area contributed by atoms with Crippen LogP contribution in [0.15, 0.2) is 72.8 Å². The number of fused-ring (bicyclic) bond motifs is 1. The first-order valence-corrected chi connectivity index (χ1v) is 8.56. The van der Waals surface area contributed by atoms with Crippen molar-refractivity contribution >= 4 is 29.3 Å². The zero-order valence-electron chi connectivity index (χ0n) is 15.0. The molecule has 0 spiro atoms. The summed E-state index contributed by atoms with van der Waals surface area (Å²) < 4.78 is 2.14. The van der Waals surface area contributed by atoms with Gasteiger partial charge in [-0.1, -0.05) is 60.7 Å². The fourth-order valence-corrected chi connectivity index (χ4v) is 3.20. The largest absolute Gasteiger partial charge is 0.384 e. The van der Waals surface area contributed by atoms with E-state index in [1.807, 2.05) is 42.5 Å². The van der Waals surface area contributed by atoms with E-state index in [9.17, 15) is 0 Å². The molecular weight excluding hydrogens is 356 g/mol. The molecule has 0 radical (unpaired) electrons. The number of nitrogen functional groups attached to an aromatic ring is 1. The number of rotatable bonds is 4. The maximum atomic E-state index is 7.49. The quantitative estimate of drug-likeness (QED) is 0.405. The standard InChI is InChI=1S/C22H20N4.ClH/c1-26-20-12-11-18(16-5-3-2-4-6-16)14-19(20)25-21(26)13-15-7-9-17(10-8-15)22(23)24;/h2-12,14H,13H2,1H3,(H3,23,24);1H. The molecule has 1 heterocycles. The molecule has 0 aliphatic carbocycles. The van der Waals surface area contributed by atoms with Gasteiger partial charge in [-0.15, -0.1) is 12.4 Å². The van der Waals surface area contributed by atoms with E-state index in [2.05, 4.69) is 41.9 Å². The normalized spacial score (nSPS) is 10.6. The highest BCUT2D eigenvalue weighted by molar-refractivity contribution is 5.94. The number of aromatic nitrogens is 2. The lowest BCUT2D eigenvalue weighted by atomic mass is 10.1. The van der Waals surface area contributed by atoms with Crippen LogP contribution in [0.1, 0.15) is 17.0 Å². The molecule has 27 heavy (non-hydrogen) atoms. The van der Waals surface area contributed by atoms with Crippen LogP contribution in [0.5, 0.6) is 0 Å². The minimum atomic E-state index is 0. The third-order valence-electron chi connectivity index (χ3n) is 4.71. The Morgan fingerprint density at radius 2 is 1.67 bits per heavy atom. The number of hydrogen-bond donors (Lipinski definition) is 2. The van der Waals surface area contributed by atoms with Gasteiger partial charge in [-0.3, -0.25) is 5.41 Å². The molecule has 0 bridgehead atoms. The van der Waals surface area contributed by atoms with Gasteiger partial charge in [0.25, 0.3) is 0 Å². The second-order valence-corrected chi connectivity index (χ2v) is 6.44. The summed E-state index contributed by atoms with van der Waals surface area (Å²) in [6, 6.07) is 24.5. The van der Waals surface area contributed by atoms with Crippen molar-refractivity contribution in [2.45, 2.75) is 6.42 Å². The number of nitrogens with two attached hydrogens (primary N) is 1. The van der Waals surface area contributed by atoms with Crippen molar-refractivity contribution in [3.63, 3.8) is 0 Å². The molecule has 0 saturated carbocycles. The number of nitrogens with zero attached hydrogens (tertiary/aromatic N) is 2. The average Bonchev–Trinajstić information content (AvgIpc) is 2.98. The van der Waals surface area contributed by atoms with E-state index in [-0.39, 0.29) is 18.2 Å². The van der Waals surface area contributed by atoms with Crippen molar-refractivity contribution in [2.75, 3.05) is 0 Å². The Balaban J connectivity index is 0.00000210. The van der Waals surface area contributed by atoms with Crippen molar-refractivity contribution in [1.82, 2.24) is 9.55 Å². The molecule has 136 valence electrons. The molecule has 0 aliphatic rings. The summed E-state index contributed by atoms with van der Waals surface area (Å²) in [5.41, 5.74) is 11.9. The highest BCUT2D eigenvalue weighted by atomic mass is 35.5. The maximum Gasteiger partial charge on any atom is 0.122 e. The fraction of sp³-hybridized carbons (Fsp3) is 0.0909. The number of amidine groups is 1. The van der Waals surface area contributed by atoms with E-state index < -0.39 is 0 Å². The fourth-order valence-electron chi connectivity index (χ4n) is 3.20. The monoisotopic (exact) mass is 376 g/mol. The zero-order valence-corrected chi connectivity index (χ0v) is 15.8. The molecule has 0 aliphatic heterocycles. The van der Waals surface area contributed by atoms with E-state index >= 15 is 0 Å².